The zero-order chi connectivity index (χ0) is 15.0. The highest BCUT2D eigenvalue weighted by Crippen LogP contribution is 2.33. The maximum atomic E-state index is 12.5. The second-order valence-corrected chi connectivity index (χ2v) is 6.54. The van der Waals surface area contributed by atoms with Crippen molar-refractivity contribution < 1.29 is 9.53 Å². The van der Waals surface area contributed by atoms with Crippen LogP contribution in [0.2, 0.25) is 5.02 Å². The van der Waals surface area contributed by atoms with Gasteiger partial charge in [-0.25, -0.2) is 0 Å². The normalized spacial score (nSPS) is 12.9. The van der Waals surface area contributed by atoms with Gasteiger partial charge in [-0.1, -0.05) is 39.7 Å². The zero-order valence-corrected chi connectivity index (χ0v) is 13.9. The van der Waals surface area contributed by atoms with Crippen molar-refractivity contribution in [3.63, 3.8) is 0 Å². The Kier molecular flexibility index (Phi) is 4.05. The summed E-state index contributed by atoms with van der Waals surface area (Å²) in [6.45, 7) is 2.61. The Morgan fingerprint density at radius 3 is 2.90 bits per heavy atom. The van der Waals surface area contributed by atoms with Gasteiger partial charge in [0, 0.05) is 33.5 Å². The summed E-state index contributed by atoms with van der Waals surface area (Å²) in [4.78, 5) is 12.5. The minimum Gasteiger partial charge on any atom is -0.493 e. The lowest BCUT2D eigenvalue weighted by molar-refractivity contribution is 0.0992. The number of ketones is 1. The standard InChI is InChI=1S/C17H14BrClO2/c1-10-2-3-11(8-15(10)19)16(20)9-13-7-14(18)6-12-4-5-21-17(12)13/h2-3,6-8H,4-5,9H2,1H3. The van der Waals surface area contributed by atoms with Crippen LogP contribution in [-0.4, -0.2) is 12.4 Å². The molecule has 1 aliphatic heterocycles. The fourth-order valence-electron chi connectivity index (χ4n) is 2.52. The topological polar surface area (TPSA) is 26.3 Å². The average molecular weight is 366 g/mol. The number of Topliss-reactive ketones (excluding diaryl/α,β-unsaturated/α-hetero) is 1. The number of hydrogen-bond acceptors (Lipinski definition) is 2. The molecule has 0 amide bonds. The summed E-state index contributed by atoms with van der Waals surface area (Å²) in [7, 11) is 0. The minimum absolute atomic E-state index is 0.0488. The van der Waals surface area contributed by atoms with Gasteiger partial charge in [0.25, 0.3) is 0 Å². The van der Waals surface area contributed by atoms with E-state index in [1.165, 1.54) is 0 Å². The van der Waals surface area contributed by atoms with Gasteiger partial charge in [0.2, 0.25) is 0 Å². The van der Waals surface area contributed by atoms with Crippen molar-refractivity contribution >= 4 is 33.3 Å². The van der Waals surface area contributed by atoms with E-state index in [9.17, 15) is 4.79 Å². The number of hydrogen-bond donors (Lipinski definition) is 0. The van der Waals surface area contributed by atoms with Crippen LogP contribution in [0.3, 0.4) is 0 Å². The lowest BCUT2D eigenvalue weighted by Gasteiger charge is -2.09. The maximum Gasteiger partial charge on any atom is 0.167 e. The fraction of sp³-hybridized carbons (Fsp3) is 0.235. The molecular weight excluding hydrogens is 352 g/mol. The molecule has 0 radical (unpaired) electrons. The SMILES string of the molecule is Cc1ccc(C(=O)Cc2cc(Br)cc3c2OCC3)cc1Cl. The molecule has 1 aliphatic rings. The minimum atomic E-state index is 0.0488. The van der Waals surface area contributed by atoms with E-state index < -0.39 is 0 Å². The highest BCUT2D eigenvalue weighted by atomic mass is 79.9. The maximum absolute atomic E-state index is 12.5. The van der Waals surface area contributed by atoms with Crippen LogP contribution in [0.15, 0.2) is 34.8 Å². The average Bonchev–Trinajstić information content (AvgIpc) is 2.90. The molecule has 0 saturated heterocycles. The molecule has 0 aromatic heterocycles. The second-order valence-electron chi connectivity index (χ2n) is 5.22. The summed E-state index contributed by atoms with van der Waals surface area (Å²) >= 11 is 9.59. The van der Waals surface area contributed by atoms with E-state index in [-0.39, 0.29) is 5.78 Å². The summed E-state index contributed by atoms with van der Waals surface area (Å²) < 4.78 is 6.65. The van der Waals surface area contributed by atoms with E-state index in [0.717, 1.165) is 33.3 Å². The molecule has 2 aromatic carbocycles. The Morgan fingerprint density at radius 2 is 2.14 bits per heavy atom. The van der Waals surface area contributed by atoms with Crippen LogP contribution in [-0.2, 0) is 12.8 Å². The number of fused-ring (bicyclic) bond motifs is 1. The van der Waals surface area contributed by atoms with E-state index in [4.69, 9.17) is 16.3 Å². The molecule has 0 fully saturated rings. The molecule has 0 bridgehead atoms. The predicted molar refractivity (Wildman–Crippen MR) is 87.6 cm³/mol. The molecule has 4 heteroatoms. The first kappa shape index (κ1) is 14.6. The Morgan fingerprint density at radius 1 is 1.33 bits per heavy atom. The molecule has 0 spiro atoms. The molecule has 0 atom stereocenters. The Bertz CT molecular complexity index is 725. The summed E-state index contributed by atoms with van der Waals surface area (Å²) in [6, 6.07) is 9.44. The van der Waals surface area contributed by atoms with Crippen molar-refractivity contribution in [1.29, 1.82) is 0 Å². The van der Waals surface area contributed by atoms with E-state index in [1.54, 1.807) is 6.07 Å². The summed E-state index contributed by atoms with van der Waals surface area (Å²) in [5.74, 6) is 0.914. The van der Waals surface area contributed by atoms with Crippen molar-refractivity contribution in [2.24, 2.45) is 0 Å². The number of halogens is 2. The van der Waals surface area contributed by atoms with Crippen LogP contribution in [0.1, 0.15) is 27.0 Å². The summed E-state index contributed by atoms with van der Waals surface area (Å²) in [5.41, 5.74) is 3.70. The summed E-state index contributed by atoms with van der Waals surface area (Å²) in [5, 5.41) is 0.622. The number of benzene rings is 2. The lowest BCUT2D eigenvalue weighted by Crippen LogP contribution is -2.05. The van der Waals surface area contributed by atoms with Gasteiger partial charge in [-0.15, -0.1) is 0 Å². The molecule has 0 aliphatic carbocycles. The van der Waals surface area contributed by atoms with Crippen molar-refractivity contribution in [3.8, 4) is 5.75 Å². The van der Waals surface area contributed by atoms with Crippen molar-refractivity contribution in [1.82, 2.24) is 0 Å². The number of carbonyl (C=O) groups excluding carboxylic acids is 1. The van der Waals surface area contributed by atoms with Crippen LogP contribution in [0.4, 0.5) is 0 Å². The Hall–Kier alpha value is -1.32. The molecular formula is C17H14BrClO2. The Labute approximate surface area is 137 Å². The van der Waals surface area contributed by atoms with Crippen LogP contribution >= 0.6 is 27.5 Å². The predicted octanol–water partition coefficient (Wildman–Crippen LogP) is 4.77. The van der Waals surface area contributed by atoms with Crippen molar-refractivity contribution in [3.05, 3.63) is 62.1 Å². The van der Waals surface area contributed by atoms with Crippen molar-refractivity contribution in [2.45, 2.75) is 19.8 Å². The lowest BCUT2D eigenvalue weighted by atomic mass is 9.99. The van der Waals surface area contributed by atoms with E-state index in [0.29, 0.717) is 23.6 Å². The van der Waals surface area contributed by atoms with Crippen molar-refractivity contribution in [2.75, 3.05) is 6.61 Å². The number of aryl methyl sites for hydroxylation is 1. The highest BCUT2D eigenvalue weighted by Gasteiger charge is 2.20. The fourth-order valence-corrected chi connectivity index (χ4v) is 3.25. The molecule has 0 saturated carbocycles. The van der Waals surface area contributed by atoms with Gasteiger partial charge in [0.05, 0.1) is 6.61 Å². The third-order valence-corrected chi connectivity index (χ3v) is 4.54. The number of ether oxygens (including phenoxy) is 1. The largest absolute Gasteiger partial charge is 0.493 e. The van der Waals surface area contributed by atoms with Gasteiger partial charge < -0.3 is 4.74 Å². The molecule has 1 heterocycles. The smallest absolute Gasteiger partial charge is 0.167 e. The van der Waals surface area contributed by atoms with E-state index in [2.05, 4.69) is 22.0 Å². The van der Waals surface area contributed by atoms with Gasteiger partial charge >= 0.3 is 0 Å². The van der Waals surface area contributed by atoms with Crippen LogP contribution < -0.4 is 4.74 Å². The van der Waals surface area contributed by atoms with E-state index in [1.807, 2.05) is 25.1 Å². The van der Waals surface area contributed by atoms with E-state index >= 15 is 0 Å². The molecule has 2 nitrogen and oxygen atoms in total. The van der Waals surface area contributed by atoms with Gasteiger partial charge in [-0.05, 0) is 36.2 Å². The molecule has 108 valence electrons. The first-order chi connectivity index (χ1) is 10.0. The third kappa shape index (κ3) is 2.99. The Balaban J connectivity index is 1.90. The molecule has 0 unspecified atom stereocenters. The molecule has 3 rings (SSSR count). The van der Waals surface area contributed by atoms with Crippen LogP contribution in [0.25, 0.3) is 0 Å². The zero-order valence-electron chi connectivity index (χ0n) is 11.6. The van der Waals surface area contributed by atoms with Gasteiger partial charge in [0.1, 0.15) is 5.75 Å². The number of carbonyl (C=O) groups is 1. The van der Waals surface area contributed by atoms with Gasteiger partial charge in [0.15, 0.2) is 5.78 Å². The van der Waals surface area contributed by atoms with Crippen LogP contribution in [0, 0.1) is 6.92 Å². The first-order valence-electron chi connectivity index (χ1n) is 6.78. The number of rotatable bonds is 3. The van der Waals surface area contributed by atoms with Gasteiger partial charge in [-0.3, -0.25) is 4.79 Å². The summed E-state index contributed by atoms with van der Waals surface area (Å²) in [6.07, 6.45) is 1.22. The molecule has 2 aromatic rings. The highest BCUT2D eigenvalue weighted by molar-refractivity contribution is 9.10. The monoisotopic (exact) mass is 364 g/mol. The quantitative estimate of drug-likeness (QED) is 0.732. The third-order valence-electron chi connectivity index (χ3n) is 3.67. The molecule has 21 heavy (non-hydrogen) atoms. The molecule has 0 N–H and O–H groups in total. The second kappa shape index (κ2) is 5.82. The van der Waals surface area contributed by atoms with Gasteiger partial charge in [-0.2, -0.15) is 0 Å². The van der Waals surface area contributed by atoms with Crippen LogP contribution in [0.5, 0.6) is 5.75 Å². The first-order valence-corrected chi connectivity index (χ1v) is 7.95.